The Hall–Kier alpha value is -0.880. The number of carbonyl (C=O) groups excluding carboxylic acids is 1. The Bertz CT molecular complexity index is 517. The van der Waals surface area contributed by atoms with Crippen LogP contribution in [0, 0.1) is 0 Å². The van der Waals surface area contributed by atoms with E-state index >= 15 is 0 Å². The Morgan fingerprint density at radius 2 is 1.17 bits per heavy atom. The standard InChI is InChI=1S/C24H47NO4S/c1-2-3-4-5-6-7-8-9-10-11-12-13-14-15-16-17-18-19-20-21-24(26)25-22-23-30(27,28)29/h11-12H,2-10,13-23H2,1H3,(H,25,26)(H,27,28,29)/b12-11-. The normalized spacial score (nSPS) is 11.9. The van der Waals surface area contributed by atoms with Crippen LogP contribution in [0.2, 0.25) is 0 Å². The Balaban J connectivity index is 3.23. The smallest absolute Gasteiger partial charge is 0.266 e. The molecular formula is C24H47NO4S. The van der Waals surface area contributed by atoms with Crippen LogP contribution in [0.5, 0.6) is 0 Å². The fourth-order valence-corrected chi connectivity index (χ4v) is 3.83. The molecule has 178 valence electrons. The molecule has 0 fully saturated rings. The van der Waals surface area contributed by atoms with Crippen LogP contribution in [0.4, 0.5) is 0 Å². The lowest BCUT2D eigenvalue weighted by Crippen LogP contribution is -2.28. The highest BCUT2D eigenvalue weighted by atomic mass is 32.2. The topological polar surface area (TPSA) is 83.5 Å². The molecule has 0 unspecified atom stereocenters. The van der Waals surface area contributed by atoms with Gasteiger partial charge in [-0.05, 0) is 32.1 Å². The first kappa shape index (κ1) is 29.1. The van der Waals surface area contributed by atoms with E-state index in [0.717, 1.165) is 19.3 Å². The fraction of sp³-hybridized carbons (Fsp3) is 0.875. The lowest BCUT2D eigenvalue weighted by atomic mass is 10.1. The Kier molecular flexibility index (Phi) is 20.7. The number of hydrogen-bond donors (Lipinski definition) is 2. The minimum absolute atomic E-state index is 0.0226. The summed E-state index contributed by atoms with van der Waals surface area (Å²) in [6.45, 7) is 2.24. The second-order valence-electron chi connectivity index (χ2n) is 8.38. The first-order chi connectivity index (χ1) is 14.5. The van der Waals surface area contributed by atoms with Crippen LogP contribution < -0.4 is 5.32 Å². The van der Waals surface area contributed by atoms with E-state index in [2.05, 4.69) is 24.4 Å². The monoisotopic (exact) mass is 445 g/mol. The Morgan fingerprint density at radius 3 is 1.63 bits per heavy atom. The number of nitrogens with one attached hydrogen (secondary N) is 1. The van der Waals surface area contributed by atoms with E-state index in [9.17, 15) is 13.2 Å². The Labute approximate surface area is 186 Å². The third kappa shape index (κ3) is 25.2. The molecule has 30 heavy (non-hydrogen) atoms. The van der Waals surface area contributed by atoms with Crippen LogP contribution in [0.1, 0.15) is 122 Å². The zero-order chi connectivity index (χ0) is 22.3. The molecule has 0 aromatic rings. The number of carbonyl (C=O) groups is 1. The van der Waals surface area contributed by atoms with Crippen LogP contribution in [0.25, 0.3) is 0 Å². The van der Waals surface area contributed by atoms with Gasteiger partial charge in [-0.3, -0.25) is 9.35 Å². The molecule has 0 aliphatic carbocycles. The van der Waals surface area contributed by atoms with Crippen molar-refractivity contribution in [2.75, 3.05) is 12.3 Å². The van der Waals surface area contributed by atoms with E-state index in [1.165, 1.54) is 89.9 Å². The molecular weight excluding hydrogens is 398 g/mol. The average Bonchev–Trinajstić information content (AvgIpc) is 2.68. The number of hydrogen-bond acceptors (Lipinski definition) is 3. The zero-order valence-corrected chi connectivity index (χ0v) is 20.2. The Morgan fingerprint density at radius 1 is 0.733 bits per heavy atom. The van der Waals surface area contributed by atoms with Crippen molar-refractivity contribution in [1.29, 1.82) is 0 Å². The molecule has 0 rings (SSSR count). The summed E-state index contributed by atoms with van der Waals surface area (Å²) >= 11 is 0. The molecule has 2 N–H and O–H groups in total. The number of rotatable bonds is 22. The molecule has 5 nitrogen and oxygen atoms in total. The van der Waals surface area contributed by atoms with Gasteiger partial charge in [-0.1, -0.05) is 96.1 Å². The van der Waals surface area contributed by atoms with Gasteiger partial charge in [-0.2, -0.15) is 8.42 Å². The lowest BCUT2D eigenvalue weighted by Gasteiger charge is -2.04. The van der Waals surface area contributed by atoms with Crippen LogP contribution in [-0.2, 0) is 14.9 Å². The summed E-state index contributed by atoms with van der Waals surface area (Å²) in [6.07, 6.45) is 26.7. The van der Waals surface area contributed by atoms with Gasteiger partial charge in [0.05, 0.1) is 5.75 Å². The van der Waals surface area contributed by atoms with Crippen LogP contribution in [0.3, 0.4) is 0 Å². The van der Waals surface area contributed by atoms with Gasteiger partial charge in [0.15, 0.2) is 0 Å². The molecule has 0 spiro atoms. The molecule has 0 atom stereocenters. The molecule has 0 aliphatic rings. The number of amides is 1. The van der Waals surface area contributed by atoms with Crippen molar-refractivity contribution in [3.8, 4) is 0 Å². The molecule has 0 saturated carbocycles. The van der Waals surface area contributed by atoms with Crippen LogP contribution in [-0.4, -0.2) is 31.2 Å². The van der Waals surface area contributed by atoms with Gasteiger partial charge in [-0.25, -0.2) is 0 Å². The van der Waals surface area contributed by atoms with Gasteiger partial charge in [0.25, 0.3) is 10.1 Å². The fourth-order valence-electron chi connectivity index (χ4n) is 3.47. The quantitative estimate of drug-likeness (QED) is 0.112. The third-order valence-corrected chi connectivity index (χ3v) is 6.07. The van der Waals surface area contributed by atoms with Gasteiger partial charge in [0, 0.05) is 13.0 Å². The largest absolute Gasteiger partial charge is 0.355 e. The summed E-state index contributed by atoms with van der Waals surface area (Å²) in [5, 5.41) is 2.51. The van der Waals surface area contributed by atoms with Crippen molar-refractivity contribution in [2.24, 2.45) is 0 Å². The molecule has 1 amide bonds. The average molecular weight is 446 g/mol. The van der Waals surface area contributed by atoms with Gasteiger partial charge in [0.2, 0.25) is 5.91 Å². The van der Waals surface area contributed by atoms with E-state index in [4.69, 9.17) is 4.55 Å². The van der Waals surface area contributed by atoms with Crippen molar-refractivity contribution in [2.45, 2.75) is 122 Å². The predicted molar refractivity (Wildman–Crippen MR) is 127 cm³/mol. The van der Waals surface area contributed by atoms with E-state index in [-0.39, 0.29) is 12.5 Å². The maximum absolute atomic E-state index is 11.5. The first-order valence-corrected chi connectivity index (χ1v) is 13.9. The number of allylic oxidation sites excluding steroid dienone is 2. The molecule has 0 saturated heterocycles. The van der Waals surface area contributed by atoms with Crippen molar-refractivity contribution < 1.29 is 17.8 Å². The van der Waals surface area contributed by atoms with Gasteiger partial charge >= 0.3 is 0 Å². The minimum Gasteiger partial charge on any atom is -0.355 e. The highest BCUT2D eigenvalue weighted by Gasteiger charge is 2.06. The van der Waals surface area contributed by atoms with Crippen molar-refractivity contribution in [1.82, 2.24) is 5.32 Å². The van der Waals surface area contributed by atoms with E-state index in [1.807, 2.05) is 0 Å². The summed E-state index contributed by atoms with van der Waals surface area (Å²) in [4.78, 5) is 11.5. The summed E-state index contributed by atoms with van der Waals surface area (Å²) in [5.74, 6) is -0.565. The van der Waals surface area contributed by atoms with E-state index < -0.39 is 15.9 Å². The molecule has 0 radical (unpaired) electrons. The second kappa shape index (κ2) is 21.4. The van der Waals surface area contributed by atoms with Gasteiger partial charge < -0.3 is 5.32 Å². The van der Waals surface area contributed by atoms with E-state index in [0.29, 0.717) is 6.42 Å². The van der Waals surface area contributed by atoms with Crippen LogP contribution in [0.15, 0.2) is 12.2 Å². The maximum Gasteiger partial charge on any atom is 0.266 e. The predicted octanol–water partition coefficient (Wildman–Crippen LogP) is 6.59. The number of unbranched alkanes of at least 4 members (excludes halogenated alkanes) is 15. The lowest BCUT2D eigenvalue weighted by molar-refractivity contribution is -0.121. The summed E-state index contributed by atoms with van der Waals surface area (Å²) in [5.41, 5.74) is 0. The van der Waals surface area contributed by atoms with Crippen molar-refractivity contribution in [3.05, 3.63) is 12.2 Å². The molecule has 0 aromatic heterocycles. The molecule has 0 bridgehead atoms. The zero-order valence-electron chi connectivity index (χ0n) is 19.4. The summed E-state index contributed by atoms with van der Waals surface area (Å²) in [7, 11) is -3.99. The highest BCUT2D eigenvalue weighted by molar-refractivity contribution is 7.85. The highest BCUT2D eigenvalue weighted by Crippen LogP contribution is 2.12. The minimum atomic E-state index is -3.99. The van der Waals surface area contributed by atoms with Gasteiger partial charge in [-0.15, -0.1) is 0 Å². The SMILES string of the molecule is CCCCCCCCCC/C=C\CCCCCCCCCC(=O)NCCS(=O)(=O)O. The van der Waals surface area contributed by atoms with Gasteiger partial charge in [0.1, 0.15) is 0 Å². The molecule has 0 aromatic carbocycles. The third-order valence-electron chi connectivity index (χ3n) is 5.35. The molecule has 0 heterocycles. The molecule has 6 heteroatoms. The first-order valence-electron chi connectivity index (χ1n) is 12.3. The second-order valence-corrected chi connectivity index (χ2v) is 9.96. The van der Waals surface area contributed by atoms with Crippen LogP contribution >= 0.6 is 0 Å². The van der Waals surface area contributed by atoms with Crippen molar-refractivity contribution in [3.63, 3.8) is 0 Å². The van der Waals surface area contributed by atoms with E-state index in [1.54, 1.807) is 0 Å². The summed E-state index contributed by atoms with van der Waals surface area (Å²) in [6, 6.07) is 0. The summed E-state index contributed by atoms with van der Waals surface area (Å²) < 4.78 is 29.7. The van der Waals surface area contributed by atoms with Crippen molar-refractivity contribution >= 4 is 16.0 Å². The molecule has 0 aliphatic heterocycles. The maximum atomic E-state index is 11.5.